The molecule has 0 bridgehead atoms. The highest BCUT2D eigenvalue weighted by Crippen LogP contribution is 2.40. The highest BCUT2D eigenvalue weighted by atomic mass is 19.1. The first-order valence-corrected chi connectivity index (χ1v) is 7.93. The lowest BCUT2D eigenvalue weighted by Crippen LogP contribution is -2.04. The van der Waals surface area contributed by atoms with Crippen molar-refractivity contribution >= 4 is 23.1 Å². The van der Waals surface area contributed by atoms with Gasteiger partial charge in [0.2, 0.25) is 11.7 Å². The number of anilines is 4. The van der Waals surface area contributed by atoms with Gasteiger partial charge in [0.05, 0.1) is 33.2 Å². The summed E-state index contributed by atoms with van der Waals surface area (Å²) in [5.41, 5.74) is 0.895. The minimum Gasteiger partial charge on any atom is -0.493 e. The number of rotatable bonds is 7. The van der Waals surface area contributed by atoms with Crippen LogP contribution in [0, 0.1) is 5.82 Å². The molecule has 27 heavy (non-hydrogen) atoms. The van der Waals surface area contributed by atoms with Crippen molar-refractivity contribution in [2.24, 2.45) is 0 Å². The third-order valence-corrected chi connectivity index (χ3v) is 3.62. The smallest absolute Gasteiger partial charge is 0.249 e. The number of para-hydroxylation sites is 1. The van der Waals surface area contributed by atoms with Gasteiger partial charge in [-0.25, -0.2) is 4.39 Å². The Morgan fingerprint density at radius 2 is 1.63 bits per heavy atom. The summed E-state index contributed by atoms with van der Waals surface area (Å²) in [5.74, 6) is 1.60. The maximum absolute atomic E-state index is 13.8. The van der Waals surface area contributed by atoms with E-state index in [2.05, 4.69) is 25.8 Å². The Morgan fingerprint density at radius 3 is 2.26 bits per heavy atom. The molecular formula is C18H18FN5O3. The zero-order valence-corrected chi connectivity index (χ0v) is 15.0. The average Bonchev–Trinajstić information content (AvgIpc) is 2.69. The molecule has 0 amide bonds. The highest BCUT2D eigenvalue weighted by molar-refractivity contribution is 5.67. The Morgan fingerprint density at radius 1 is 0.926 bits per heavy atom. The van der Waals surface area contributed by atoms with Crippen LogP contribution in [-0.4, -0.2) is 36.5 Å². The van der Waals surface area contributed by atoms with E-state index in [-0.39, 0.29) is 11.6 Å². The number of benzene rings is 2. The number of aromatic nitrogens is 3. The minimum atomic E-state index is -0.413. The Bertz CT molecular complexity index is 913. The molecule has 140 valence electrons. The quantitative estimate of drug-likeness (QED) is 0.652. The summed E-state index contributed by atoms with van der Waals surface area (Å²) in [4.78, 5) is 4.28. The number of ether oxygens (including phenoxy) is 3. The van der Waals surface area contributed by atoms with Gasteiger partial charge in [-0.1, -0.05) is 12.1 Å². The molecule has 0 atom stereocenters. The van der Waals surface area contributed by atoms with Gasteiger partial charge in [0.1, 0.15) is 5.82 Å². The molecule has 0 aliphatic heterocycles. The predicted molar refractivity (Wildman–Crippen MR) is 98.9 cm³/mol. The average molecular weight is 371 g/mol. The maximum atomic E-state index is 13.8. The Labute approximate surface area is 155 Å². The molecule has 0 unspecified atom stereocenters. The summed E-state index contributed by atoms with van der Waals surface area (Å²) >= 11 is 0. The van der Waals surface area contributed by atoms with Gasteiger partial charge >= 0.3 is 0 Å². The molecule has 0 spiro atoms. The van der Waals surface area contributed by atoms with E-state index >= 15 is 0 Å². The van der Waals surface area contributed by atoms with E-state index in [0.717, 1.165) is 0 Å². The van der Waals surface area contributed by atoms with Crippen LogP contribution in [-0.2, 0) is 0 Å². The fraction of sp³-hybridized carbons (Fsp3) is 0.167. The van der Waals surface area contributed by atoms with Crippen LogP contribution in [0.2, 0.25) is 0 Å². The fourth-order valence-electron chi connectivity index (χ4n) is 2.40. The lowest BCUT2D eigenvalue weighted by molar-refractivity contribution is 0.324. The first-order valence-electron chi connectivity index (χ1n) is 7.93. The fourth-order valence-corrected chi connectivity index (χ4v) is 2.40. The molecule has 2 N–H and O–H groups in total. The summed E-state index contributed by atoms with van der Waals surface area (Å²) in [6.45, 7) is 0. The molecule has 3 rings (SSSR count). The van der Waals surface area contributed by atoms with Gasteiger partial charge < -0.3 is 24.8 Å². The first kappa shape index (κ1) is 18.2. The standard InChI is InChI=1S/C18H18FN5O3/c1-25-14-8-11(9-15(26-2)17(14)27-3)21-16-10-20-24-18(23-16)22-13-7-5-4-6-12(13)19/h4-10H,1-3H3,(H2,21,22,23,24). The second-order valence-corrected chi connectivity index (χ2v) is 5.31. The van der Waals surface area contributed by atoms with Gasteiger partial charge in [0.15, 0.2) is 17.3 Å². The van der Waals surface area contributed by atoms with Gasteiger partial charge in [0, 0.05) is 17.8 Å². The van der Waals surface area contributed by atoms with Crippen molar-refractivity contribution in [3.8, 4) is 17.2 Å². The van der Waals surface area contributed by atoms with Crippen LogP contribution in [0.25, 0.3) is 0 Å². The largest absolute Gasteiger partial charge is 0.493 e. The third kappa shape index (κ3) is 4.14. The van der Waals surface area contributed by atoms with Crippen molar-refractivity contribution < 1.29 is 18.6 Å². The van der Waals surface area contributed by atoms with Crippen molar-refractivity contribution in [2.45, 2.75) is 0 Å². The lowest BCUT2D eigenvalue weighted by atomic mass is 10.2. The molecule has 0 aliphatic rings. The van der Waals surface area contributed by atoms with E-state index < -0.39 is 5.82 Å². The topological polar surface area (TPSA) is 90.4 Å². The third-order valence-electron chi connectivity index (χ3n) is 3.62. The molecule has 9 heteroatoms. The Balaban J connectivity index is 1.85. The summed E-state index contributed by atoms with van der Waals surface area (Å²) < 4.78 is 29.7. The van der Waals surface area contributed by atoms with Crippen molar-refractivity contribution in [3.63, 3.8) is 0 Å². The maximum Gasteiger partial charge on any atom is 0.249 e. The van der Waals surface area contributed by atoms with Crippen molar-refractivity contribution in [3.05, 3.63) is 48.4 Å². The van der Waals surface area contributed by atoms with Gasteiger partial charge in [-0.2, -0.15) is 10.1 Å². The number of hydrogen-bond donors (Lipinski definition) is 2. The van der Waals surface area contributed by atoms with E-state index in [1.54, 1.807) is 30.3 Å². The van der Waals surface area contributed by atoms with E-state index in [4.69, 9.17) is 14.2 Å². The van der Waals surface area contributed by atoms with Crippen molar-refractivity contribution in [2.75, 3.05) is 32.0 Å². The molecule has 0 saturated carbocycles. The zero-order valence-electron chi connectivity index (χ0n) is 15.0. The first-order chi connectivity index (χ1) is 13.1. The molecular weight excluding hydrogens is 353 g/mol. The number of halogens is 1. The molecule has 0 aliphatic carbocycles. The van der Waals surface area contributed by atoms with Crippen LogP contribution in [0.4, 0.5) is 27.5 Å². The molecule has 1 aromatic heterocycles. The summed E-state index contributed by atoms with van der Waals surface area (Å²) in [6.07, 6.45) is 1.44. The molecule has 3 aromatic rings. The summed E-state index contributed by atoms with van der Waals surface area (Å²) in [7, 11) is 4.59. The van der Waals surface area contributed by atoms with Crippen LogP contribution in [0.1, 0.15) is 0 Å². The molecule has 0 saturated heterocycles. The minimum absolute atomic E-state index is 0.151. The van der Waals surface area contributed by atoms with Gasteiger partial charge in [-0.05, 0) is 12.1 Å². The summed E-state index contributed by atoms with van der Waals surface area (Å²) in [5, 5.41) is 13.6. The SMILES string of the molecule is COc1cc(Nc2cnnc(Nc3ccccc3F)n2)cc(OC)c1OC. The summed E-state index contributed by atoms with van der Waals surface area (Å²) in [6, 6.07) is 9.69. The number of hydrogen-bond acceptors (Lipinski definition) is 8. The van der Waals surface area contributed by atoms with E-state index in [0.29, 0.717) is 28.8 Å². The van der Waals surface area contributed by atoms with Crippen LogP contribution in [0.15, 0.2) is 42.6 Å². The van der Waals surface area contributed by atoms with Crippen LogP contribution in [0.5, 0.6) is 17.2 Å². The van der Waals surface area contributed by atoms with E-state index in [1.165, 1.54) is 33.6 Å². The Kier molecular flexibility index (Phi) is 5.50. The number of methoxy groups -OCH3 is 3. The lowest BCUT2D eigenvalue weighted by Gasteiger charge is -2.15. The molecule has 0 radical (unpaired) electrons. The molecule has 1 heterocycles. The highest BCUT2D eigenvalue weighted by Gasteiger charge is 2.14. The van der Waals surface area contributed by atoms with E-state index in [1.807, 2.05) is 0 Å². The number of nitrogens with zero attached hydrogens (tertiary/aromatic N) is 3. The number of nitrogens with one attached hydrogen (secondary N) is 2. The van der Waals surface area contributed by atoms with Gasteiger partial charge in [-0.3, -0.25) is 0 Å². The predicted octanol–water partition coefficient (Wildman–Crippen LogP) is 3.52. The van der Waals surface area contributed by atoms with Crippen molar-refractivity contribution in [1.82, 2.24) is 15.2 Å². The van der Waals surface area contributed by atoms with E-state index in [9.17, 15) is 4.39 Å². The van der Waals surface area contributed by atoms with Crippen LogP contribution >= 0.6 is 0 Å². The molecule has 2 aromatic carbocycles. The Hall–Kier alpha value is -3.62. The second kappa shape index (κ2) is 8.17. The van der Waals surface area contributed by atoms with Crippen molar-refractivity contribution in [1.29, 1.82) is 0 Å². The van der Waals surface area contributed by atoms with Crippen LogP contribution in [0.3, 0.4) is 0 Å². The molecule has 0 fully saturated rings. The van der Waals surface area contributed by atoms with Gasteiger partial charge in [-0.15, -0.1) is 5.10 Å². The molecule has 8 nitrogen and oxygen atoms in total. The second-order valence-electron chi connectivity index (χ2n) is 5.31. The van der Waals surface area contributed by atoms with Gasteiger partial charge in [0.25, 0.3) is 0 Å². The zero-order chi connectivity index (χ0) is 19.2. The van der Waals surface area contributed by atoms with Crippen LogP contribution < -0.4 is 24.8 Å². The normalized spacial score (nSPS) is 10.2. The monoisotopic (exact) mass is 371 g/mol.